The minimum atomic E-state index is -0.339. The lowest BCUT2D eigenvalue weighted by Crippen LogP contribution is -2.43. The Morgan fingerprint density at radius 2 is 1.62 bits per heavy atom. The number of benzene rings is 2. The molecule has 0 spiro atoms. The molecule has 1 saturated carbocycles. The molecule has 2 fully saturated rings. The van der Waals surface area contributed by atoms with Crippen molar-refractivity contribution in [2.24, 2.45) is 0 Å². The highest BCUT2D eigenvalue weighted by molar-refractivity contribution is 5.98. The van der Waals surface area contributed by atoms with E-state index in [1.165, 1.54) is 12.1 Å². The number of nitrogens with one attached hydrogen (secondary N) is 2. The Kier molecular flexibility index (Phi) is 6.53. The lowest BCUT2D eigenvalue weighted by molar-refractivity contribution is -0.120. The van der Waals surface area contributed by atoms with Crippen molar-refractivity contribution in [3.8, 4) is 0 Å². The van der Waals surface area contributed by atoms with Crippen LogP contribution in [0.5, 0.6) is 0 Å². The summed E-state index contributed by atoms with van der Waals surface area (Å²) in [7, 11) is 0. The van der Waals surface area contributed by atoms with Gasteiger partial charge in [0.15, 0.2) is 0 Å². The van der Waals surface area contributed by atoms with Gasteiger partial charge in [-0.1, -0.05) is 25.0 Å². The van der Waals surface area contributed by atoms with Crippen LogP contribution in [0.3, 0.4) is 0 Å². The van der Waals surface area contributed by atoms with E-state index in [2.05, 4.69) is 10.6 Å². The smallest absolute Gasteiger partial charge is 0.251 e. The van der Waals surface area contributed by atoms with Gasteiger partial charge in [0.1, 0.15) is 5.82 Å². The second-order valence-corrected chi connectivity index (χ2v) is 8.65. The number of hydrogen-bond donors (Lipinski definition) is 2. The second-order valence-electron chi connectivity index (χ2n) is 8.65. The summed E-state index contributed by atoms with van der Waals surface area (Å²) in [5, 5.41) is 5.60. The van der Waals surface area contributed by atoms with Crippen molar-refractivity contribution in [1.29, 1.82) is 0 Å². The fourth-order valence-corrected chi connectivity index (χ4v) is 4.73. The highest BCUT2D eigenvalue weighted by Gasteiger charge is 2.35. The molecule has 2 aliphatic rings. The molecule has 0 unspecified atom stereocenters. The molecule has 7 heteroatoms. The molecule has 0 atom stereocenters. The van der Waals surface area contributed by atoms with Crippen molar-refractivity contribution >= 4 is 23.4 Å². The minimum absolute atomic E-state index is 0.0968. The molecule has 0 bridgehead atoms. The summed E-state index contributed by atoms with van der Waals surface area (Å²) >= 11 is 0. The highest BCUT2D eigenvalue weighted by atomic mass is 19.1. The van der Waals surface area contributed by atoms with Gasteiger partial charge < -0.3 is 15.5 Å². The van der Waals surface area contributed by atoms with Gasteiger partial charge in [-0.25, -0.2) is 4.39 Å². The van der Waals surface area contributed by atoms with Crippen LogP contribution in [0.15, 0.2) is 48.5 Å². The number of amides is 3. The first-order valence-corrected chi connectivity index (χ1v) is 11.2. The molecule has 2 aromatic carbocycles. The number of nitrogens with zero attached hydrogens (tertiary/aromatic N) is 1. The summed E-state index contributed by atoms with van der Waals surface area (Å²) in [6, 6.07) is 13.4. The fraction of sp³-hybridized carbons (Fsp3) is 0.400. The van der Waals surface area contributed by atoms with E-state index in [4.69, 9.17) is 0 Å². The van der Waals surface area contributed by atoms with E-state index in [1.54, 1.807) is 41.3 Å². The summed E-state index contributed by atoms with van der Waals surface area (Å²) in [5.41, 5.74) is 2.07. The van der Waals surface area contributed by atoms with Gasteiger partial charge in [-0.05, 0) is 61.2 Å². The average molecular weight is 438 g/mol. The molecule has 1 saturated heterocycles. The third-order valence-electron chi connectivity index (χ3n) is 6.57. The first kappa shape index (κ1) is 22.0. The van der Waals surface area contributed by atoms with Gasteiger partial charge >= 0.3 is 0 Å². The van der Waals surface area contributed by atoms with Gasteiger partial charge in [0.2, 0.25) is 11.8 Å². The second kappa shape index (κ2) is 9.51. The van der Waals surface area contributed by atoms with E-state index < -0.39 is 0 Å². The third-order valence-corrected chi connectivity index (χ3v) is 6.57. The van der Waals surface area contributed by atoms with Crippen LogP contribution >= 0.6 is 0 Å². The zero-order valence-electron chi connectivity index (χ0n) is 18.0. The van der Waals surface area contributed by atoms with Crippen molar-refractivity contribution in [3.05, 3.63) is 65.5 Å². The highest BCUT2D eigenvalue weighted by Crippen LogP contribution is 2.40. The number of halogens is 1. The number of carbonyl (C=O) groups excluding carboxylic acids is 3. The van der Waals surface area contributed by atoms with Gasteiger partial charge in [-0.2, -0.15) is 0 Å². The van der Waals surface area contributed by atoms with E-state index in [9.17, 15) is 18.8 Å². The van der Waals surface area contributed by atoms with Crippen LogP contribution < -0.4 is 15.5 Å². The Morgan fingerprint density at radius 3 is 2.25 bits per heavy atom. The van der Waals surface area contributed by atoms with E-state index in [0.29, 0.717) is 25.1 Å². The summed E-state index contributed by atoms with van der Waals surface area (Å²) < 4.78 is 13.3. The quantitative estimate of drug-likeness (QED) is 0.698. The van der Waals surface area contributed by atoms with Crippen molar-refractivity contribution in [3.63, 3.8) is 0 Å². The molecule has 1 heterocycles. The van der Waals surface area contributed by atoms with Crippen LogP contribution in [-0.4, -0.2) is 37.4 Å². The maximum Gasteiger partial charge on any atom is 0.251 e. The van der Waals surface area contributed by atoms with Crippen LogP contribution in [0.1, 0.15) is 54.4 Å². The molecule has 0 aromatic heterocycles. The summed E-state index contributed by atoms with van der Waals surface area (Å²) in [5.74, 6) is -0.771. The zero-order valence-corrected chi connectivity index (χ0v) is 18.0. The predicted octanol–water partition coefficient (Wildman–Crippen LogP) is 3.31. The van der Waals surface area contributed by atoms with Gasteiger partial charge in [0.25, 0.3) is 5.91 Å². The summed E-state index contributed by atoms with van der Waals surface area (Å²) in [4.78, 5) is 38.4. The minimum Gasteiger partial charge on any atom is -0.354 e. The van der Waals surface area contributed by atoms with Crippen LogP contribution in [0.25, 0.3) is 0 Å². The topological polar surface area (TPSA) is 78.5 Å². The van der Waals surface area contributed by atoms with Crippen molar-refractivity contribution in [2.45, 2.75) is 43.9 Å². The summed E-state index contributed by atoms with van der Waals surface area (Å²) in [6.45, 7) is 1.04. The van der Waals surface area contributed by atoms with Crippen LogP contribution in [-0.2, 0) is 15.0 Å². The van der Waals surface area contributed by atoms with Gasteiger partial charge in [-0.15, -0.1) is 0 Å². The van der Waals surface area contributed by atoms with E-state index in [0.717, 1.165) is 43.4 Å². The summed E-state index contributed by atoms with van der Waals surface area (Å²) in [6.07, 6.45) is 5.43. The Morgan fingerprint density at radius 1 is 0.938 bits per heavy atom. The fourth-order valence-electron chi connectivity index (χ4n) is 4.73. The van der Waals surface area contributed by atoms with Crippen LogP contribution in [0.4, 0.5) is 10.1 Å². The van der Waals surface area contributed by atoms with Crippen molar-refractivity contribution in [2.75, 3.05) is 24.5 Å². The third kappa shape index (κ3) is 4.82. The Balaban J connectivity index is 1.29. The Bertz CT molecular complexity index is 982. The van der Waals surface area contributed by atoms with Crippen LogP contribution in [0.2, 0.25) is 0 Å². The average Bonchev–Trinajstić information content (AvgIpc) is 3.46. The lowest BCUT2D eigenvalue weighted by Gasteiger charge is -2.30. The number of hydrogen-bond acceptors (Lipinski definition) is 3. The first-order valence-electron chi connectivity index (χ1n) is 11.2. The normalized spacial score (nSPS) is 17.4. The number of rotatable bonds is 7. The molecular weight excluding hydrogens is 409 g/mol. The molecule has 1 aliphatic carbocycles. The lowest BCUT2D eigenvalue weighted by atomic mass is 9.79. The standard InChI is InChI=1S/C25H28FN3O3/c26-20-9-7-19(8-10-20)25(13-1-2-14-25)17-28-22(30)16-27-24(32)18-5-11-21(12-6-18)29-15-3-4-23(29)31/h5-12H,1-4,13-17H2,(H,27,32)(H,28,30). The molecule has 32 heavy (non-hydrogen) atoms. The number of carbonyl (C=O) groups is 3. The molecule has 6 nitrogen and oxygen atoms in total. The van der Waals surface area contributed by atoms with E-state index in [1.807, 2.05) is 0 Å². The van der Waals surface area contributed by atoms with Crippen molar-refractivity contribution < 1.29 is 18.8 Å². The molecule has 1 aliphatic heterocycles. The number of anilines is 1. The van der Waals surface area contributed by atoms with E-state index >= 15 is 0 Å². The Hall–Kier alpha value is -3.22. The maximum atomic E-state index is 13.3. The van der Waals surface area contributed by atoms with E-state index in [-0.39, 0.29) is 35.5 Å². The van der Waals surface area contributed by atoms with Gasteiger partial charge in [0, 0.05) is 36.2 Å². The zero-order chi connectivity index (χ0) is 22.6. The molecular formula is C25H28FN3O3. The predicted molar refractivity (Wildman–Crippen MR) is 120 cm³/mol. The van der Waals surface area contributed by atoms with Crippen molar-refractivity contribution in [1.82, 2.24) is 10.6 Å². The molecule has 168 valence electrons. The first-order chi connectivity index (χ1) is 15.5. The van der Waals surface area contributed by atoms with Gasteiger partial charge in [-0.3, -0.25) is 14.4 Å². The van der Waals surface area contributed by atoms with Gasteiger partial charge in [0.05, 0.1) is 6.54 Å². The monoisotopic (exact) mass is 437 g/mol. The molecule has 4 rings (SSSR count). The largest absolute Gasteiger partial charge is 0.354 e. The van der Waals surface area contributed by atoms with Crippen LogP contribution in [0, 0.1) is 5.82 Å². The molecule has 2 N–H and O–H groups in total. The molecule has 0 radical (unpaired) electrons. The Labute approximate surface area is 187 Å². The maximum absolute atomic E-state index is 13.3. The molecule has 3 amide bonds. The molecule has 2 aromatic rings. The SMILES string of the molecule is O=C(CNC(=O)c1ccc(N2CCCC2=O)cc1)NCC1(c2ccc(F)cc2)CCCC1.